The number of hydrogen-bond donors (Lipinski definition) is 3. The topological polar surface area (TPSA) is 130 Å². The van der Waals surface area contributed by atoms with E-state index in [1.54, 1.807) is 12.1 Å². The predicted octanol–water partition coefficient (Wildman–Crippen LogP) is 0.0700. The van der Waals surface area contributed by atoms with Crippen molar-refractivity contribution < 1.29 is 9.59 Å². The molecule has 0 radical (unpaired) electrons. The Kier molecular flexibility index (Phi) is 6.43. The number of H-pyrrole nitrogens is 1. The van der Waals surface area contributed by atoms with Crippen molar-refractivity contribution in [3.05, 3.63) is 42.0 Å². The Morgan fingerprint density at radius 2 is 1.94 bits per heavy atom. The monoisotopic (exact) mass is 422 g/mol. The molecule has 0 bridgehead atoms. The number of nitrogens with zero attached hydrogens (tertiary/aromatic N) is 5. The van der Waals surface area contributed by atoms with Crippen molar-refractivity contribution in [3.63, 3.8) is 0 Å². The van der Waals surface area contributed by atoms with Crippen molar-refractivity contribution >= 4 is 17.5 Å². The number of carbonyl (C=O) groups is 2. The molecule has 1 aliphatic carbocycles. The average molecular weight is 422 g/mol. The third-order valence-electron chi connectivity index (χ3n) is 5.70. The fourth-order valence-corrected chi connectivity index (χ4v) is 3.83. The van der Waals surface area contributed by atoms with Gasteiger partial charge in [-0.2, -0.15) is 10.4 Å². The Labute approximate surface area is 180 Å². The summed E-state index contributed by atoms with van der Waals surface area (Å²) in [5, 5.41) is 20.4. The Bertz CT molecular complexity index is 925. The molecule has 1 aromatic heterocycles. The molecule has 2 heterocycles. The fourth-order valence-electron chi connectivity index (χ4n) is 3.83. The summed E-state index contributed by atoms with van der Waals surface area (Å²) in [6.45, 7) is 3.99. The van der Waals surface area contributed by atoms with Crippen LogP contribution >= 0.6 is 0 Å². The number of nitrogens with one attached hydrogen (secondary N) is 3. The zero-order chi connectivity index (χ0) is 21.6. The molecule has 2 aliphatic rings. The van der Waals surface area contributed by atoms with Crippen LogP contribution in [0.3, 0.4) is 0 Å². The number of anilines is 1. The van der Waals surface area contributed by atoms with Gasteiger partial charge in [-0.3, -0.25) is 19.6 Å². The maximum atomic E-state index is 12.8. The average Bonchev–Trinajstić information content (AvgIpc) is 3.53. The number of carbonyl (C=O) groups excluding carboxylic acids is 2. The van der Waals surface area contributed by atoms with Gasteiger partial charge in [-0.05, 0) is 37.1 Å². The number of nitriles is 1. The second-order valence-corrected chi connectivity index (χ2v) is 7.84. The molecule has 1 saturated carbocycles. The maximum Gasteiger partial charge on any atom is 0.251 e. The lowest BCUT2D eigenvalue weighted by Crippen LogP contribution is -2.48. The first-order chi connectivity index (χ1) is 15.1. The van der Waals surface area contributed by atoms with Gasteiger partial charge >= 0.3 is 0 Å². The van der Waals surface area contributed by atoms with Gasteiger partial charge in [-0.15, -0.1) is 0 Å². The summed E-state index contributed by atoms with van der Waals surface area (Å²) in [6, 6.07) is 9.23. The predicted molar refractivity (Wildman–Crippen MR) is 113 cm³/mol. The van der Waals surface area contributed by atoms with Crippen molar-refractivity contribution in [1.29, 1.82) is 5.26 Å². The van der Waals surface area contributed by atoms with Crippen molar-refractivity contribution in [2.24, 2.45) is 0 Å². The quantitative estimate of drug-likeness (QED) is 0.513. The van der Waals surface area contributed by atoms with Crippen LogP contribution in [-0.2, 0) is 11.2 Å². The third kappa shape index (κ3) is 5.38. The van der Waals surface area contributed by atoms with Gasteiger partial charge in [-0.1, -0.05) is 0 Å². The standard InChI is InChI=1S/C21H26N8O2/c22-7-8-23-21(31)18(13-19-24-14-25-27-19)26-20(30)15-1-3-16(4-2-15)28-9-11-29(12-10-28)17-5-6-17/h1-4,14,17-18H,5-6,8-13H2,(H,23,31)(H,26,30)(H,24,25,27). The molecule has 0 spiro atoms. The SMILES string of the molecule is N#CCNC(=O)C(Cc1ncn[nH]1)NC(=O)c1ccc(N2CCN(C3CC3)CC2)cc1. The Morgan fingerprint density at radius 1 is 1.19 bits per heavy atom. The molecule has 2 amide bonds. The molecule has 31 heavy (non-hydrogen) atoms. The molecular weight excluding hydrogens is 396 g/mol. The highest BCUT2D eigenvalue weighted by atomic mass is 16.2. The van der Waals surface area contributed by atoms with E-state index in [2.05, 4.69) is 35.6 Å². The molecule has 2 aromatic rings. The molecule has 1 atom stereocenters. The highest BCUT2D eigenvalue weighted by Gasteiger charge is 2.31. The number of rotatable bonds is 8. The lowest BCUT2D eigenvalue weighted by Gasteiger charge is -2.36. The number of benzene rings is 1. The van der Waals surface area contributed by atoms with Gasteiger partial charge in [0.1, 0.15) is 24.7 Å². The minimum Gasteiger partial charge on any atom is -0.369 e. The number of aromatic nitrogens is 3. The first-order valence-electron chi connectivity index (χ1n) is 10.5. The van der Waals surface area contributed by atoms with Crippen molar-refractivity contribution in [3.8, 4) is 6.07 Å². The molecule has 3 N–H and O–H groups in total. The highest BCUT2D eigenvalue weighted by Crippen LogP contribution is 2.28. The van der Waals surface area contributed by atoms with Crippen molar-refractivity contribution in [2.75, 3.05) is 37.6 Å². The van der Waals surface area contributed by atoms with Crippen LogP contribution in [0.1, 0.15) is 29.0 Å². The lowest BCUT2D eigenvalue weighted by atomic mass is 10.1. The summed E-state index contributed by atoms with van der Waals surface area (Å²) in [5.74, 6) is -0.337. The summed E-state index contributed by atoms with van der Waals surface area (Å²) >= 11 is 0. The largest absolute Gasteiger partial charge is 0.369 e. The second-order valence-electron chi connectivity index (χ2n) is 7.84. The van der Waals surface area contributed by atoms with Gasteiger partial charge in [0, 0.05) is 49.9 Å². The van der Waals surface area contributed by atoms with Crippen LogP contribution < -0.4 is 15.5 Å². The Hall–Kier alpha value is -3.45. The van der Waals surface area contributed by atoms with E-state index in [1.807, 2.05) is 18.2 Å². The van der Waals surface area contributed by atoms with Gasteiger partial charge in [0.05, 0.1) is 6.07 Å². The number of amides is 2. The number of hydrogen-bond acceptors (Lipinski definition) is 7. The van der Waals surface area contributed by atoms with E-state index in [-0.39, 0.29) is 18.9 Å². The van der Waals surface area contributed by atoms with Crippen LogP contribution in [0.2, 0.25) is 0 Å². The van der Waals surface area contributed by atoms with E-state index < -0.39 is 11.9 Å². The fraction of sp³-hybridized carbons (Fsp3) is 0.476. The van der Waals surface area contributed by atoms with E-state index >= 15 is 0 Å². The van der Waals surface area contributed by atoms with Crippen molar-refractivity contribution in [2.45, 2.75) is 31.3 Å². The van der Waals surface area contributed by atoms with Crippen LogP contribution in [0.25, 0.3) is 0 Å². The molecule has 10 nitrogen and oxygen atoms in total. The molecule has 1 unspecified atom stereocenters. The molecule has 162 valence electrons. The number of piperazine rings is 1. The Morgan fingerprint density at radius 3 is 2.55 bits per heavy atom. The van der Waals surface area contributed by atoms with Crippen LogP contribution in [0, 0.1) is 11.3 Å². The molecule has 1 aliphatic heterocycles. The summed E-state index contributed by atoms with van der Waals surface area (Å²) in [4.78, 5) is 34.0. The minimum atomic E-state index is -0.871. The molecule has 1 aromatic carbocycles. The van der Waals surface area contributed by atoms with Crippen LogP contribution in [0.4, 0.5) is 5.69 Å². The van der Waals surface area contributed by atoms with E-state index in [4.69, 9.17) is 5.26 Å². The summed E-state index contributed by atoms with van der Waals surface area (Å²) in [5.41, 5.74) is 1.56. The summed E-state index contributed by atoms with van der Waals surface area (Å²) in [6.07, 6.45) is 4.14. The van der Waals surface area contributed by atoms with Gasteiger partial charge in [0.15, 0.2) is 0 Å². The van der Waals surface area contributed by atoms with Crippen LogP contribution in [0.5, 0.6) is 0 Å². The second kappa shape index (κ2) is 9.57. The van der Waals surface area contributed by atoms with Gasteiger partial charge in [-0.25, -0.2) is 4.98 Å². The first-order valence-corrected chi connectivity index (χ1v) is 10.5. The molecule has 10 heteroatoms. The zero-order valence-electron chi connectivity index (χ0n) is 17.3. The number of aromatic amines is 1. The van der Waals surface area contributed by atoms with E-state index in [1.165, 1.54) is 19.2 Å². The molecule has 4 rings (SSSR count). The third-order valence-corrected chi connectivity index (χ3v) is 5.70. The van der Waals surface area contributed by atoms with Gasteiger partial charge in [0.25, 0.3) is 5.91 Å². The summed E-state index contributed by atoms with van der Waals surface area (Å²) in [7, 11) is 0. The van der Waals surface area contributed by atoms with E-state index in [9.17, 15) is 9.59 Å². The molecular formula is C21H26N8O2. The lowest BCUT2D eigenvalue weighted by molar-refractivity contribution is -0.122. The van der Waals surface area contributed by atoms with E-state index in [0.29, 0.717) is 11.4 Å². The minimum absolute atomic E-state index is 0.135. The smallest absolute Gasteiger partial charge is 0.251 e. The first kappa shape index (κ1) is 20.8. The normalized spacial score (nSPS) is 17.6. The highest BCUT2D eigenvalue weighted by molar-refractivity contribution is 5.97. The van der Waals surface area contributed by atoms with E-state index in [0.717, 1.165) is 37.9 Å². The van der Waals surface area contributed by atoms with Crippen molar-refractivity contribution in [1.82, 2.24) is 30.7 Å². The maximum absolute atomic E-state index is 12.8. The zero-order valence-corrected chi connectivity index (χ0v) is 17.3. The van der Waals surface area contributed by atoms with Gasteiger partial charge < -0.3 is 15.5 Å². The van der Waals surface area contributed by atoms with Crippen LogP contribution in [-0.4, -0.2) is 76.7 Å². The Balaban J connectivity index is 1.36. The molecule has 1 saturated heterocycles. The summed E-state index contributed by atoms with van der Waals surface area (Å²) < 4.78 is 0. The molecule has 2 fully saturated rings. The van der Waals surface area contributed by atoms with Crippen LogP contribution in [0.15, 0.2) is 30.6 Å². The van der Waals surface area contributed by atoms with Gasteiger partial charge in [0.2, 0.25) is 5.91 Å².